The Morgan fingerprint density at radius 3 is 2.47 bits per heavy atom. The van der Waals surface area contributed by atoms with E-state index in [1.807, 2.05) is 0 Å². The van der Waals surface area contributed by atoms with E-state index >= 15 is 0 Å². The molecule has 1 atom stereocenters. The highest BCUT2D eigenvalue weighted by Gasteiger charge is 2.13. The second-order valence-electron chi connectivity index (χ2n) is 4.47. The van der Waals surface area contributed by atoms with Crippen molar-refractivity contribution in [3.63, 3.8) is 0 Å². The molecule has 0 heterocycles. The van der Waals surface area contributed by atoms with Crippen LogP contribution in [0.4, 0.5) is 0 Å². The fourth-order valence-electron chi connectivity index (χ4n) is 1.61. The van der Waals surface area contributed by atoms with Crippen LogP contribution in [-0.4, -0.2) is 25.2 Å². The van der Waals surface area contributed by atoms with Gasteiger partial charge >= 0.3 is 5.97 Å². The van der Waals surface area contributed by atoms with Crippen LogP contribution in [0.2, 0.25) is 0 Å². The third-order valence-electron chi connectivity index (χ3n) is 2.76. The Morgan fingerprint density at radius 2 is 1.82 bits per heavy atom. The average Bonchev–Trinajstić information content (AvgIpc) is 2.34. The van der Waals surface area contributed by atoms with Gasteiger partial charge in [0, 0.05) is 0 Å². The Bertz CT molecular complexity index is 186. The minimum absolute atomic E-state index is 0.250. The molecule has 0 aliphatic carbocycles. The molecule has 4 nitrogen and oxygen atoms in total. The van der Waals surface area contributed by atoms with E-state index in [0.29, 0.717) is 6.61 Å². The van der Waals surface area contributed by atoms with Gasteiger partial charge in [0.15, 0.2) is 0 Å². The summed E-state index contributed by atoms with van der Waals surface area (Å²) in [6, 6.07) is -0.450. The lowest BCUT2D eigenvalue weighted by Gasteiger charge is -2.11. The molecular weight excluding hydrogens is 216 g/mol. The summed E-state index contributed by atoms with van der Waals surface area (Å²) in [5.41, 5.74) is 11.1. The minimum atomic E-state index is -0.450. The molecule has 0 saturated carbocycles. The molecule has 0 amide bonds. The number of unbranched alkanes of at least 4 members (excludes halogenated alkanes) is 5. The van der Waals surface area contributed by atoms with Crippen molar-refractivity contribution >= 4 is 5.97 Å². The van der Waals surface area contributed by atoms with Crippen molar-refractivity contribution in [1.29, 1.82) is 0 Å². The van der Waals surface area contributed by atoms with E-state index in [1.165, 1.54) is 0 Å². The van der Waals surface area contributed by atoms with E-state index in [0.717, 1.165) is 57.9 Å². The van der Waals surface area contributed by atoms with Crippen LogP contribution in [0.25, 0.3) is 0 Å². The molecule has 0 aliphatic rings. The molecule has 102 valence electrons. The lowest BCUT2D eigenvalue weighted by molar-refractivity contribution is -0.145. The Hall–Kier alpha value is -0.610. The van der Waals surface area contributed by atoms with Crippen molar-refractivity contribution in [3.05, 3.63) is 0 Å². The molecule has 0 saturated heterocycles. The summed E-state index contributed by atoms with van der Waals surface area (Å²) in [5.74, 6) is -0.250. The third kappa shape index (κ3) is 10.3. The summed E-state index contributed by atoms with van der Waals surface area (Å²) >= 11 is 0. The summed E-state index contributed by atoms with van der Waals surface area (Å²) < 4.78 is 5.10. The predicted octanol–water partition coefficient (Wildman–Crippen LogP) is 1.96. The molecule has 4 N–H and O–H groups in total. The van der Waals surface area contributed by atoms with Gasteiger partial charge in [-0.1, -0.05) is 39.0 Å². The molecule has 0 rings (SSSR count). The molecule has 17 heavy (non-hydrogen) atoms. The summed E-state index contributed by atoms with van der Waals surface area (Å²) in [6.45, 7) is 3.37. The zero-order valence-corrected chi connectivity index (χ0v) is 11.1. The van der Waals surface area contributed by atoms with Crippen molar-refractivity contribution < 1.29 is 9.53 Å². The van der Waals surface area contributed by atoms with Gasteiger partial charge in [0.2, 0.25) is 0 Å². The predicted molar refractivity (Wildman–Crippen MR) is 70.6 cm³/mol. The van der Waals surface area contributed by atoms with Gasteiger partial charge in [0.05, 0.1) is 6.61 Å². The number of ether oxygens (including phenoxy) is 1. The summed E-state index contributed by atoms with van der Waals surface area (Å²) in [6.07, 6.45) is 8.12. The van der Waals surface area contributed by atoms with Crippen molar-refractivity contribution in [2.45, 2.75) is 64.3 Å². The van der Waals surface area contributed by atoms with E-state index in [4.69, 9.17) is 16.2 Å². The lowest BCUT2D eigenvalue weighted by Crippen LogP contribution is -2.32. The summed E-state index contributed by atoms with van der Waals surface area (Å²) in [5, 5.41) is 0. The van der Waals surface area contributed by atoms with Gasteiger partial charge in [-0.15, -0.1) is 0 Å². The maximum Gasteiger partial charge on any atom is 0.322 e. The van der Waals surface area contributed by atoms with E-state index < -0.39 is 6.04 Å². The zero-order chi connectivity index (χ0) is 12.9. The van der Waals surface area contributed by atoms with Gasteiger partial charge in [-0.3, -0.25) is 4.79 Å². The maximum atomic E-state index is 11.5. The van der Waals surface area contributed by atoms with Crippen LogP contribution in [0.5, 0.6) is 0 Å². The van der Waals surface area contributed by atoms with E-state index in [1.54, 1.807) is 0 Å². The van der Waals surface area contributed by atoms with Crippen molar-refractivity contribution in [1.82, 2.24) is 0 Å². The molecule has 1 unspecified atom stereocenters. The smallest absolute Gasteiger partial charge is 0.322 e. The first-order valence-electron chi connectivity index (χ1n) is 6.84. The molecule has 0 spiro atoms. The largest absolute Gasteiger partial charge is 0.465 e. The van der Waals surface area contributed by atoms with Crippen LogP contribution in [0.1, 0.15) is 58.3 Å². The lowest BCUT2D eigenvalue weighted by atomic mass is 10.1. The highest BCUT2D eigenvalue weighted by atomic mass is 16.5. The molecule has 0 aliphatic heterocycles. The second-order valence-corrected chi connectivity index (χ2v) is 4.47. The monoisotopic (exact) mass is 244 g/mol. The molecule has 0 bridgehead atoms. The van der Waals surface area contributed by atoms with Crippen LogP contribution < -0.4 is 11.5 Å². The van der Waals surface area contributed by atoms with E-state index in [9.17, 15) is 4.79 Å². The van der Waals surface area contributed by atoms with Crippen LogP contribution in [0.15, 0.2) is 0 Å². The van der Waals surface area contributed by atoms with E-state index in [-0.39, 0.29) is 5.97 Å². The maximum absolute atomic E-state index is 11.5. The van der Waals surface area contributed by atoms with Gasteiger partial charge in [0.25, 0.3) is 0 Å². The summed E-state index contributed by atoms with van der Waals surface area (Å²) in [4.78, 5) is 11.5. The highest BCUT2D eigenvalue weighted by Crippen LogP contribution is 2.05. The molecule has 0 fully saturated rings. The number of rotatable bonds is 11. The average molecular weight is 244 g/mol. The fourth-order valence-corrected chi connectivity index (χ4v) is 1.61. The van der Waals surface area contributed by atoms with E-state index in [2.05, 4.69) is 6.92 Å². The number of nitrogens with two attached hydrogens (primary N) is 2. The first-order valence-corrected chi connectivity index (χ1v) is 6.84. The first-order chi connectivity index (χ1) is 8.22. The number of hydrogen-bond acceptors (Lipinski definition) is 4. The Morgan fingerprint density at radius 1 is 1.12 bits per heavy atom. The van der Waals surface area contributed by atoms with Gasteiger partial charge in [-0.2, -0.15) is 0 Å². The highest BCUT2D eigenvalue weighted by molar-refractivity contribution is 5.75. The van der Waals surface area contributed by atoms with Crippen LogP contribution in [0.3, 0.4) is 0 Å². The Kier molecular flexibility index (Phi) is 11.4. The molecule has 0 radical (unpaired) electrons. The minimum Gasteiger partial charge on any atom is -0.465 e. The quantitative estimate of drug-likeness (QED) is 0.430. The topological polar surface area (TPSA) is 78.3 Å². The number of carbonyl (C=O) groups is 1. The van der Waals surface area contributed by atoms with Crippen LogP contribution in [-0.2, 0) is 9.53 Å². The SMILES string of the molecule is CCCCCOC(=O)C(N)CCCCCCN. The van der Waals surface area contributed by atoms with Crippen LogP contribution >= 0.6 is 0 Å². The standard InChI is InChI=1S/C13H28N2O2/c1-2-3-8-11-17-13(16)12(15)9-6-4-5-7-10-14/h12H,2-11,14-15H2,1H3. The van der Waals surface area contributed by atoms with Gasteiger partial charge in [-0.05, 0) is 25.8 Å². The Labute approximate surface area is 105 Å². The second kappa shape index (κ2) is 11.9. The van der Waals surface area contributed by atoms with Crippen molar-refractivity contribution in [2.24, 2.45) is 11.5 Å². The normalized spacial score (nSPS) is 12.4. The molecular formula is C13H28N2O2. The Balaban J connectivity index is 3.40. The third-order valence-corrected chi connectivity index (χ3v) is 2.76. The molecule has 0 aromatic heterocycles. The van der Waals surface area contributed by atoms with Crippen molar-refractivity contribution in [2.75, 3.05) is 13.2 Å². The van der Waals surface area contributed by atoms with Gasteiger partial charge in [-0.25, -0.2) is 0 Å². The molecule has 0 aromatic rings. The fraction of sp³-hybridized carbons (Fsp3) is 0.923. The van der Waals surface area contributed by atoms with Gasteiger partial charge < -0.3 is 16.2 Å². The van der Waals surface area contributed by atoms with Gasteiger partial charge in [0.1, 0.15) is 6.04 Å². The summed E-state index contributed by atoms with van der Waals surface area (Å²) in [7, 11) is 0. The number of hydrogen-bond donors (Lipinski definition) is 2. The number of carbonyl (C=O) groups excluding carboxylic acids is 1. The number of esters is 1. The molecule has 4 heteroatoms. The zero-order valence-electron chi connectivity index (χ0n) is 11.1. The molecule has 0 aromatic carbocycles. The van der Waals surface area contributed by atoms with Crippen LogP contribution in [0, 0.1) is 0 Å². The van der Waals surface area contributed by atoms with Crippen molar-refractivity contribution in [3.8, 4) is 0 Å². The first kappa shape index (κ1) is 16.4.